The molecule has 1 aliphatic rings. The van der Waals surface area contributed by atoms with Crippen LogP contribution in [0, 0.1) is 0 Å². The van der Waals surface area contributed by atoms with E-state index >= 15 is 0 Å². The second kappa shape index (κ2) is 6.98. The van der Waals surface area contributed by atoms with E-state index in [1.54, 1.807) is 12.4 Å². The number of rotatable bonds is 4. The van der Waals surface area contributed by atoms with Crippen LogP contribution in [0.5, 0.6) is 0 Å². The lowest BCUT2D eigenvalue weighted by atomic mass is 9.99. The summed E-state index contributed by atoms with van der Waals surface area (Å²) in [7, 11) is 0. The molecule has 0 spiro atoms. The standard InChI is InChI=1S/C18H19N3O/c22-18(21-10-14-5-2-1-3-6-14)16-8-4-7-15(9-16)17-11-19-13-20-12-17/h4-5,7-9,11-13H,1-3,6,10H2,(H,21,22). The van der Waals surface area contributed by atoms with Crippen LogP contribution in [0.4, 0.5) is 0 Å². The van der Waals surface area contributed by atoms with Gasteiger partial charge in [0.15, 0.2) is 0 Å². The van der Waals surface area contributed by atoms with Crippen LogP contribution < -0.4 is 5.32 Å². The van der Waals surface area contributed by atoms with Gasteiger partial charge in [-0.1, -0.05) is 23.8 Å². The number of aromatic nitrogens is 2. The molecule has 22 heavy (non-hydrogen) atoms. The molecule has 3 rings (SSSR count). The van der Waals surface area contributed by atoms with Gasteiger partial charge in [-0.3, -0.25) is 4.79 Å². The van der Waals surface area contributed by atoms with Crippen molar-refractivity contribution in [2.45, 2.75) is 25.7 Å². The summed E-state index contributed by atoms with van der Waals surface area (Å²) in [5.74, 6) is -0.0369. The Labute approximate surface area is 130 Å². The second-order valence-corrected chi connectivity index (χ2v) is 5.50. The van der Waals surface area contributed by atoms with Crippen molar-refractivity contribution in [1.29, 1.82) is 0 Å². The highest BCUT2D eigenvalue weighted by Crippen LogP contribution is 2.19. The van der Waals surface area contributed by atoms with Crippen LogP contribution in [0.3, 0.4) is 0 Å². The predicted molar refractivity (Wildman–Crippen MR) is 86.4 cm³/mol. The molecule has 2 aromatic rings. The number of allylic oxidation sites excluding steroid dienone is 1. The lowest BCUT2D eigenvalue weighted by Gasteiger charge is -2.13. The summed E-state index contributed by atoms with van der Waals surface area (Å²) in [4.78, 5) is 20.3. The first-order valence-corrected chi connectivity index (χ1v) is 7.64. The third kappa shape index (κ3) is 3.58. The first-order valence-electron chi connectivity index (χ1n) is 7.64. The highest BCUT2D eigenvalue weighted by atomic mass is 16.1. The Kier molecular flexibility index (Phi) is 4.59. The fraction of sp³-hybridized carbons (Fsp3) is 0.278. The summed E-state index contributed by atoms with van der Waals surface area (Å²) in [5, 5.41) is 3.01. The van der Waals surface area contributed by atoms with Crippen LogP contribution in [0.15, 0.2) is 54.6 Å². The number of benzene rings is 1. The van der Waals surface area contributed by atoms with Crippen molar-refractivity contribution < 1.29 is 4.79 Å². The molecule has 0 radical (unpaired) electrons. The van der Waals surface area contributed by atoms with Crippen molar-refractivity contribution in [3.05, 3.63) is 60.2 Å². The Morgan fingerprint density at radius 3 is 2.77 bits per heavy atom. The van der Waals surface area contributed by atoms with E-state index in [2.05, 4.69) is 21.4 Å². The van der Waals surface area contributed by atoms with Crippen molar-refractivity contribution in [3.8, 4) is 11.1 Å². The van der Waals surface area contributed by atoms with Crippen LogP contribution in [0.2, 0.25) is 0 Å². The molecule has 0 fully saturated rings. The molecule has 0 saturated carbocycles. The molecular weight excluding hydrogens is 274 g/mol. The summed E-state index contributed by atoms with van der Waals surface area (Å²) < 4.78 is 0. The molecule has 1 heterocycles. The van der Waals surface area contributed by atoms with Gasteiger partial charge in [0.2, 0.25) is 0 Å². The topological polar surface area (TPSA) is 54.9 Å². The van der Waals surface area contributed by atoms with E-state index in [9.17, 15) is 4.79 Å². The zero-order valence-electron chi connectivity index (χ0n) is 12.5. The maximum absolute atomic E-state index is 12.3. The first-order chi connectivity index (χ1) is 10.8. The van der Waals surface area contributed by atoms with Crippen molar-refractivity contribution in [2.75, 3.05) is 6.54 Å². The van der Waals surface area contributed by atoms with Gasteiger partial charge >= 0.3 is 0 Å². The highest BCUT2D eigenvalue weighted by molar-refractivity contribution is 5.95. The van der Waals surface area contributed by atoms with Gasteiger partial charge in [-0.25, -0.2) is 9.97 Å². The third-order valence-corrected chi connectivity index (χ3v) is 3.88. The average molecular weight is 293 g/mol. The maximum Gasteiger partial charge on any atom is 0.251 e. The zero-order chi connectivity index (χ0) is 15.2. The Morgan fingerprint density at radius 1 is 1.14 bits per heavy atom. The van der Waals surface area contributed by atoms with E-state index in [0.717, 1.165) is 24.0 Å². The minimum atomic E-state index is -0.0369. The van der Waals surface area contributed by atoms with Gasteiger partial charge in [0.1, 0.15) is 6.33 Å². The largest absolute Gasteiger partial charge is 0.348 e. The van der Waals surface area contributed by atoms with Crippen LogP contribution in [0.25, 0.3) is 11.1 Å². The SMILES string of the molecule is O=C(NCC1=CCCCC1)c1cccc(-c2cncnc2)c1. The molecule has 0 atom stereocenters. The quantitative estimate of drug-likeness (QED) is 0.879. The number of hydrogen-bond donors (Lipinski definition) is 1. The molecule has 4 nitrogen and oxygen atoms in total. The van der Waals surface area contributed by atoms with Crippen LogP contribution >= 0.6 is 0 Å². The zero-order valence-corrected chi connectivity index (χ0v) is 12.5. The minimum absolute atomic E-state index is 0.0369. The monoisotopic (exact) mass is 293 g/mol. The summed E-state index contributed by atoms with van der Waals surface area (Å²) in [5.41, 5.74) is 3.86. The van der Waals surface area contributed by atoms with Crippen molar-refractivity contribution in [3.63, 3.8) is 0 Å². The molecule has 0 aliphatic heterocycles. The Bertz CT molecular complexity index is 680. The lowest BCUT2D eigenvalue weighted by molar-refractivity contribution is 0.0956. The van der Waals surface area contributed by atoms with Gasteiger partial charge in [0, 0.05) is 30.1 Å². The molecule has 1 aromatic carbocycles. The Hall–Kier alpha value is -2.49. The highest BCUT2D eigenvalue weighted by Gasteiger charge is 2.09. The van der Waals surface area contributed by atoms with Gasteiger partial charge in [-0.15, -0.1) is 0 Å². The number of nitrogens with one attached hydrogen (secondary N) is 1. The molecule has 0 bridgehead atoms. The molecule has 112 valence electrons. The summed E-state index contributed by atoms with van der Waals surface area (Å²) in [6.45, 7) is 0.650. The number of carbonyl (C=O) groups is 1. The fourth-order valence-corrected chi connectivity index (χ4v) is 2.65. The van der Waals surface area contributed by atoms with Crippen LogP contribution in [-0.2, 0) is 0 Å². The molecule has 1 aliphatic carbocycles. The molecule has 0 unspecified atom stereocenters. The summed E-state index contributed by atoms with van der Waals surface area (Å²) in [6.07, 6.45) is 12.0. The average Bonchev–Trinajstić information content (AvgIpc) is 2.61. The molecule has 4 heteroatoms. The minimum Gasteiger partial charge on any atom is -0.348 e. The van der Waals surface area contributed by atoms with Crippen LogP contribution in [0.1, 0.15) is 36.0 Å². The smallest absolute Gasteiger partial charge is 0.251 e. The number of hydrogen-bond acceptors (Lipinski definition) is 3. The second-order valence-electron chi connectivity index (χ2n) is 5.50. The fourth-order valence-electron chi connectivity index (χ4n) is 2.65. The van der Waals surface area contributed by atoms with Gasteiger partial charge in [0.25, 0.3) is 5.91 Å². The Morgan fingerprint density at radius 2 is 2.00 bits per heavy atom. The molecule has 0 saturated heterocycles. The number of carbonyl (C=O) groups excluding carboxylic acids is 1. The van der Waals surface area contributed by atoms with E-state index < -0.39 is 0 Å². The van der Waals surface area contributed by atoms with Crippen LogP contribution in [-0.4, -0.2) is 22.4 Å². The molecule has 1 aromatic heterocycles. The first kappa shape index (κ1) is 14.4. The van der Waals surface area contributed by atoms with Crippen molar-refractivity contribution in [1.82, 2.24) is 15.3 Å². The van der Waals surface area contributed by atoms with Crippen molar-refractivity contribution >= 4 is 5.91 Å². The van der Waals surface area contributed by atoms with Gasteiger partial charge < -0.3 is 5.32 Å². The molecule has 1 amide bonds. The van der Waals surface area contributed by atoms with E-state index in [1.165, 1.54) is 24.7 Å². The predicted octanol–water partition coefficient (Wildman–Crippen LogP) is 3.37. The van der Waals surface area contributed by atoms with E-state index in [-0.39, 0.29) is 5.91 Å². The number of amides is 1. The van der Waals surface area contributed by atoms with E-state index in [1.807, 2.05) is 24.3 Å². The third-order valence-electron chi connectivity index (χ3n) is 3.88. The molecular formula is C18H19N3O. The maximum atomic E-state index is 12.3. The molecule has 1 N–H and O–H groups in total. The van der Waals surface area contributed by atoms with E-state index in [4.69, 9.17) is 0 Å². The Balaban J connectivity index is 1.69. The summed E-state index contributed by atoms with van der Waals surface area (Å²) >= 11 is 0. The normalized spacial score (nSPS) is 14.3. The lowest BCUT2D eigenvalue weighted by Crippen LogP contribution is -2.26. The number of nitrogens with zero attached hydrogens (tertiary/aromatic N) is 2. The van der Waals surface area contributed by atoms with Crippen molar-refractivity contribution in [2.24, 2.45) is 0 Å². The van der Waals surface area contributed by atoms with Gasteiger partial charge in [-0.2, -0.15) is 0 Å². The van der Waals surface area contributed by atoms with Gasteiger partial charge in [-0.05, 0) is 43.4 Å². The summed E-state index contributed by atoms with van der Waals surface area (Å²) in [6, 6.07) is 7.55. The van der Waals surface area contributed by atoms with E-state index in [0.29, 0.717) is 12.1 Å². The van der Waals surface area contributed by atoms with Gasteiger partial charge in [0.05, 0.1) is 0 Å².